The molecule has 22 heteroatoms. The predicted molar refractivity (Wildman–Crippen MR) is 291 cm³/mol. The van der Waals surface area contributed by atoms with Crippen LogP contribution in [0.15, 0.2) is 108 Å². The predicted octanol–water partition coefficient (Wildman–Crippen LogP) is 11.8. The van der Waals surface area contributed by atoms with Gasteiger partial charge in [0.05, 0.1) is 52.9 Å². The molecule has 2 unspecified atom stereocenters. The highest BCUT2D eigenvalue weighted by Gasteiger charge is 2.37. The number of carbonyl (C=O) groups excluding carboxylic acids is 1. The van der Waals surface area contributed by atoms with Crippen LogP contribution >= 0.6 is 46.4 Å². The lowest BCUT2D eigenvalue weighted by atomic mass is 9.90. The van der Waals surface area contributed by atoms with Crippen molar-refractivity contribution in [3.63, 3.8) is 0 Å². The Bertz CT molecular complexity index is 3120. The standard InChI is InChI=1S/C28H31ClN8O2.C23H23ClN8.CH2Cl2/c1-28(2,3)39-27(38)37-12-10-36(11-13-37)26-20-8-7-19(29)15-21(20)22(14-18-6-5-9-32-24(18)26)25(33-34-30)23-16-31-17-35(23)4;1-31-14-27-13-20(31)22(29-30-25)19-11-15-3-2-6-28-21(15)23(32-9-7-26-8-10-32)17-5-4-16(24)12-18(17)19;2-1-3/h5-9,14-17,25-26H,10-13H2,1-4H3;2-6,11-14,22-23,26H,7-10H2,1H3;1H2/t25?,26-;22?,23-;/m00./s1. The van der Waals surface area contributed by atoms with Gasteiger partial charge in [0.1, 0.15) is 17.7 Å². The fourth-order valence-corrected chi connectivity index (χ4v) is 10.3. The summed E-state index contributed by atoms with van der Waals surface area (Å²) < 4.78 is 9.33. The van der Waals surface area contributed by atoms with E-state index in [0.717, 1.165) is 93.5 Å². The van der Waals surface area contributed by atoms with Crippen LogP contribution in [0.4, 0.5) is 4.79 Å². The van der Waals surface area contributed by atoms with Crippen molar-refractivity contribution in [2.45, 2.75) is 50.5 Å². The number of hydrogen-bond acceptors (Lipinski definition) is 11. The second-order valence-corrected chi connectivity index (χ2v) is 20.6. The van der Waals surface area contributed by atoms with Gasteiger partial charge in [-0.1, -0.05) is 57.7 Å². The summed E-state index contributed by atoms with van der Waals surface area (Å²) in [6, 6.07) is 18.3. The highest BCUT2D eigenvalue weighted by molar-refractivity contribution is 6.40. The summed E-state index contributed by atoms with van der Waals surface area (Å²) >= 11 is 22.6. The summed E-state index contributed by atoms with van der Waals surface area (Å²) in [6.07, 6.45) is 14.3. The highest BCUT2D eigenvalue weighted by atomic mass is 35.5. The van der Waals surface area contributed by atoms with E-state index in [4.69, 9.17) is 61.1 Å². The molecule has 0 bridgehead atoms. The molecule has 2 aliphatic carbocycles. The molecule has 2 aliphatic heterocycles. The fourth-order valence-electron chi connectivity index (χ4n) is 9.93. The van der Waals surface area contributed by atoms with E-state index in [-0.39, 0.29) is 23.5 Å². The minimum Gasteiger partial charge on any atom is -0.444 e. The number of nitrogens with one attached hydrogen (secondary N) is 1. The first-order chi connectivity index (χ1) is 35.7. The number of aryl methyl sites for hydroxylation is 2. The Hall–Kier alpha value is -6.43. The number of carbonyl (C=O) groups is 1. The molecule has 2 saturated heterocycles. The zero-order chi connectivity index (χ0) is 52.5. The van der Waals surface area contributed by atoms with Crippen molar-refractivity contribution in [1.82, 2.24) is 49.1 Å². The van der Waals surface area contributed by atoms with Gasteiger partial charge >= 0.3 is 6.09 Å². The normalized spacial score (nSPS) is 18.1. The number of piperazine rings is 2. The molecule has 1 amide bonds. The lowest BCUT2D eigenvalue weighted by Gasteiger charge is -2.40. The Labute approximate surface area is 449 Å². The largest absolute Gasteiger partial charge is 0.444 e. The van der Waals surface area contributed by atoms with Crippen molar-refractivity contribution in [1.29, 1.82) is 0 Å². The molecule has 10 rings (SSSR count). The third-order valence-electron chi connectivity index (χ3n) is 13.2. The zero-order valence-electron chi connectivity index (χ0n) is 41.6. The van der Waals surface area contributed by atoms with Crippen LogP contribution in [0.1, 0.15) is 101 Å². The number of azide groups is 2. The molecule has 384 valence electrons. The number of hydrogen-bond donors (Lipinski definition) is 1. The van der Waals surface area contributed by atoms with Crippen molar-refractivity contribution >= 4 is 75.8 Å². The summed E-state index contributed by atoms with van der Waals surface area (Å²) in [4.78, 5) is 43.8. The number of ether oxygens (including phenoxy) is 1. The van der Waals surface area contributed by atoms with E-state index in [1.807, 2.05) is 105 Å². The van der Waals surface area contributed by atoms with Gasteiger partial charge in [-0.2, -0.15) is 0 Å². The second kappa shape index (κ2) is 24.3. The number of amides is 1. The minimum absolute atomic E-state index is 0.0208. The van der Waals surface area contributed by atoms with Crippen molar-refractivity contribution in [3.05, 3.63) is 185 Å². The number of nitrogens with zero attached hydrogens (tertiary/aromatic N) is 15. The summed E-state index contributed by atoms with van der Waals surface area (Å²) in [6.45, 7) is 11.7. The number of pyridine rings is 2. The molecule has 2 fully saturated rings. The van der Waals surface area contributed by atoms with Gasteiger partial charge in [0.25, 0.3) is 0 Å². The first-order valence-corrected chi connectivity index (χ1v) is 25.8. The Balaban J connectivity index is 0.000000190. The summed E-state index contributed by atoms with van der Waals surface area (Å²) in [5.41, 5.74) is 29.5. The molecule has 6 heterocycles. The third kappa shape index (κ3) is 12.1. The van der Waals surface area contributed by atoms with Gasteiger partial charge in [0.15, 0.2) is 0 Å². The van der Waals surface area contributed by atoms with Crippen molar-refractivity contribution in [2.75, 3.05) is 57.7 Å². The first-order valence-electron chi connectivity index (χ1n) is 24.0. The van der Waals surface area contributed by atoms with Crippen LogP contribution in [0.25, 0.3) is 44.2 Å². The summed E-state index contributed by atoms with van der Waals surface area (Å²) in [5.74, 6) is 0. The molecule has 0 spiro atoms. The minimum atomic E-state index is -0.629. The van der Waals surface area contributed by atoms with Crippen LogP contribution in [0.3, 0.4) is 0 Å². The quantitative estimate of drug-likeness (QED) is 0.0665. The number of fused-ring (bicyclic) bond motifs is 4. The molecule has 0 radical (unpaired) electrons. The van der Waals surface area contributed by atoms with Crippen molar-refractivity contribution in [3.8, 4) is 0 Å². The number of halogens is 4. The summed E-state index contributed by atoms with van der Waals surface area (Å²) in [7, 11) is 3.78. The Kier molecular flexibility index (Phi) is 17.7. The molecule has 4 aromatic heterocycles. The number of benzene rings is 2. The van der Waals surface area contributed by atoms with E-state index in [1.54, 1.807) is 36.1 Å². The molecule has 74 heavy (non-hydrogen) atoms. The van der Waals surface area contributed by atoms with Crippen LogP contribution in [-0.2, 0) is 18.8 Å². The topological polar surface area (TPSA) is 207 Å². The maximum absolute atomic E-state index is 12.7. The van der Waals surface area contributed by atoms with Gasteiger partial charge in [0, 0.05) is 111 Å². The van der Waals surface area contributed by atoms with E-state index < -0.39 is 17.7 Å². The van der Waals surface area contributed by atoms with Gasteiger partial charge in [-0.15, -0.1) is 23.2 Å². The molecular weight excluding hydrogens is 1020 g/mol. The van der Waals surface area contributed by atoms with Crippen LogP contribution < -0.4 is 5.32 Å². The van der Waals surface area contributed by atoms with Crippen LogP contribution in [0.5, 0.6) is 0 Å². The lowest BCUT2D eigenvalue weighted by Crippen LogP contribution is -2.51. The lowest BCUT2D eigenvalue weighted by molar-refractivity contribution is 0.0118. The van der Waals surface area contributed by atoms with Gasteiger partial charge in [0.2, 0.25) is 0 Å². The Morgan fingerprint density at radius 1 is 0.730 bits per heavy atom. The molecular formula is C52H56Cl4N16O2. The van der Waals surface area contributed by atoms with Gasteiger partial charge < -0.3 is 24.1 Å². The Morgan fingerprint density at radius 3 is 1.58 bits per heavy atom. The van der Waals surface area contributed by atoms with E-state index in [1.165, 1.54) is 0 Å². The van der Waals surface area contributed by atoms with Gasteiger partial charge in [-0.25, -0.2) is 14.8 Å². The molecule has 1 N–H and O–H groups in total. The van der Waals surface area contributed by atoms with Crippen molar-refractivity contribution in [2.24, 2.45) is 24.3 Å². The van der Waals surface area contributed by atoms with E-state index in [0.29, 0.717) is 36.2 Å². The third-order valence-corrected chi connectivity index (χ3v) is 13.6. The highest BCUT2D eigenvalue weighted by Crippen LogP contribution is 2.47. The zero-order valence-corrected chi connectivity index (χ0v) is 44.6. The van der Waals surface area contributed by atoms with Crippen molar-refractivity contribution < 1.29 is 9.53 Å². The molecule has 0 saturated carbocycles. The smallest absolute Gasteiger partial charge is 0.410 e. The molecule has 2 aromatic carbocycles. The van der Waals surface area contributed by atoms with E-state index >= 15 is 0 Å². The maximum Gasteiger partial charge on any atom is 0.410 e. The molecule has 18 nitrogen and oxygen atoms in total. The van der Waals surface area contributed by atoms with E-state index in [2.05, 4.69) is 63.3 Å². The number of alkyl halides is 2. The first kappa shape index (κ1) is 53.8. The SMILES string of the molecule is ClCCl.Cn1cncc1C(N=[N+]=[N-])C1=Cc2cccnc2[C@@H](N2CCN(C(=O)OC(C)(C)C)CC2)c2ccc(Cl)cc21.Cn1cncc1C(N=[N+]=[N-])C1=Cc2cccnc2[C@@H](N2CCNCC2)c2ccc(Cl)cc21. The number of imidazole rings is 2. The van der Waals surface area contributed by atoms with E-state index in [9.17, 15) is 15.9 Å². The maximum atomic E-state index is 12.7. The number of aromatic nitrogens is 6. The fraction of sp³-hybridized carbons (Fsp3) is 0.365. The summed E-state index contributed by atoms with van der Waals surface area (Å²) in [5, 5.41) is 13.2. The molecule has 4 atom stereocenters. The monoisotopic (exact) mass is 1080 g/mol. The second-order valence-electron chi connectivity index (χ2n) is 18.9. The van der Waals surface area contributed by atoms with Crippen LogP contribution in [-0.4, -0.2) is 113 Å². The van der Waals surface area contributed by atoms with Gasteiger partial charge in [-0.3, -0.25) is 19.8 Å². The Morgan fingerprint density at radius 2 is 1.18 bits per heavy atom. The van der Waals surface area contributed by atoms with Crippen LogP contribution in [0, 0.1) is 0 Å². The van der Waals surface area contributed by atoms with Gasteiger partial charge in [-0.05, 0) is 125 Å². The molecule has 4 aliphatic rings. The van der Waals surface area contributed by atoms with Crippen LogP contribution in [0.2, 0.25) is 10.0 Å². The molecule has 6 aromatic rings. The number of rotatable bonds is 8. The average Bonchev–Trinajstić information content (AvgIpc) is 3.95. The average molecular weight is 1080 g/mol.